The van der Waals surface area contributed by atoms with E-state index in [1.165, 1.54) is 12.1 Å². The Morgan fingerprint density at radius 2 is 1.90 bits per heavy atom. The second-order valence-corrected chi connectivity index (χ2v) is 8.60. The summed E-state index contributed by atoms with van der Waals surface area (Å²) < 4.78 is 25.3. The third kappa shape index (κ3) is 4.87. The van der Waals surface area contributed by atoms with Crippen LogP contribution in [0.15, 0.2) is 40.9 Å². The van der Waals surface area contributed by atoms with E-state index < -0.39 is 0 Å². The molecule has 2 amide bonds. The van der Waals surface area contributed by atoms with Gasteiger partial charge in [0.2, 0.25) is 0 Å². The van der Waals surface area contributed by atoms with Gasteiger partial charge in [0.25, 0.3) is 0 Å². The number of carbonyl (C=O) groups is 1. The maximum Gasteiger partial charge on any atom is 0.315 e. The number of methoxy groups -OCH3 is 1. The fraction of sp³-hybridized carbons (Fsp3) is 0.409. The first-order chi connectivity index (χ1) is 14.5. The number of nitrogens with one attached hydrogen (secondary N) is 3. The molecule has 30 heavy (non-hydrogen) atoms. The van der Waals surface area contributed by atoms with Gasteiger partial charge in [-0.3, -0.25) is 0 Å². The molecule has 6 nitrogen and oxygen atoms in total. The van der Waals surface area contributed by atoms with E-state index in [9.17, 15) is 9.18 Å². The lowest BCUT2D eigenvalue weighted by molar-refractivity contribution is 0.247. The largest absolute Gasteiger partial charge is 0.493 e. The van der Waals surface area contributed by atoms with Gasteiger partial charge in [0.15, 0.2) is 11.5 Å². The Bertz CT molecular complexity index is 909. The molecule has 2 aliphatic rings. The molecule has 1 heterocycles. The third-order valence-corrected chi connectivity index (χ3v) is 6.25. The van der Waals surface area contributed by atoms with Crippen molar-refractivity contribution in [3.05, 3.63) is 57.8 Å². The van der Waals surface area contributed by atoms with Crippen LogP contribution in [0.3, 0.4) is 0 Å². The molecule has 0 bridgehead atoms. The van der Waals surface area contributed by atoms with Gasteiger partial charge in [-0.1, -0.05) is 12.1 Å². The fourth-order valence-corrected chi connectivity index (χ4v) is 4.68. The number of fused-ring (bicyclic) bond motifs is 1. The monoisotopic (exact) mass is 477 g/mol. The zero-order valence-corrected chi connectivity index (χ0v) is 18.3. The van der Waals surface area contributed by atoms with E-state index in [0.717, 1.165) is 34.9 Å². The predicted molar refractivity (Wildman–Crippen MR) is 115 cm³/mol. The SMILES string of the molecule is COc1cc(CNC2CCC3NC(=O)NC3C2)cc(Br)c1OCc1ccc(F)cc1. The van der Waals surface area contributed by atoms with Crippen LogP contribution in [0.2, 0.25) is 0 Å². The number of ether oxygens (including phenoxy) is 2. The first kappa shape index (κ1) is 20.9. The Balaban J connectivity index is 1.37. The third-order valence-electron chi connectivity index (χ3n) is 5.66. The second kappa shape index (κ2) is 9.22. The van der Waals surface area contributed by atoms with Crippen LogP contribution in [0.25, 0.3) is 0 Å². The molecule has 8 heteroatoms. The number of halogens is 2. The molecule has 2 fully saturated rings. The Morgan fingerprint density at radius 3 is 2.67 bits per heavy atom. The lowest BCUT2D eigenvalue weighted by Gasteiger charge is -2.31. The molecule has 1 aliphatic carbocycles. The summed E-state index contributed by atoms with van der Waals surface area (Å²) in [7, 11) is 1.61. The number of amides is 2. The number of hydrogen-bond donors (Lipinski definition) is 3. The maximum absolute atomic E-state index is 13.1. The molecule has 2 aromatic carbocycles. The van der Waals surface area contributed by atoms with Crippen molar-refractivity contribution in [2.75, 3.05) is 7.11 Å². The minimum Gasteiger partial charge on any atom is -0.493 e. The van der Waals surface area contributed by atoms with E-state index in [4.69, 9.17) is 9.47 Å². The van der Waals surface area contributed by atoms with Crippen LogP contribution in [0.1, 0.15) is 30.4 Å². The molecule has 4 rings (SSSR count). The molecule has 3 N–H and O–H groups in total. The van der Waals surface area contributed by atoms with Crippen molar-refractivity contribution >= 4 is 22.0 Å². The van der Waals surface area contributed by atoms with Gasteiger partial charge in [0.1, 0.15) is 12.4 Å². The molecule has 3 atom stereocenters. The summed E-state index contributed by atoms with van der Waals surface area (Å²) in [6.07, 6.45) is 2.92. The normalized spacial score (nSPS) is 22.8. The van der Waals surface area contributed by atoms with Crippen molar-refractivity contribution in [1.82, 2.24) is 16.0 Å². The van der Waals surface area contributed by atoms with Gasteiger partial charge in [-0.15, -0.1) is 0 Å². The number of benzene rings is 2. The van der Waals surface area contributed by atoms with Crippen LogP contribution in [-0.2, 0) is 13.2 Å². The van der Waals surface area contributed by atoms with Gasteiger partial charge in [0.05, 0.1) is 23.7 Å². The number of carbonyl (C=O) groups excluding carboxylic acids is 1. The standard InChI is InChI=1S/C22H25BrFN3O3/c1-29-20-9-14(11-25-16-6-7-18-19(10-16)27-22(28)26-18)8-17(23)21(20)30-12-13-2-4-15(24)5-3-13/h2-5,8-9,16,18-19,25H,6-7,10-12H2,1H3,(H2,26,27,28). The minimum atomic E-state index is -0.269. The smallest absolute Gasteiger partial charge is 0.315 e. The van der Waals surface area contributed by atoms with Gasteiger partial charge in [-0.25, -0.2) is 9.18 Å². The van der Waals surface area contributed by atoms with Crippen molar-refractivity contribution in [2.24, 2.45) is 0 Å². The highest BCUT2D eigenvalue weighted by molar-refractivity contribution is 9.10. The highest BCUT2D eigenvalue weighted by Crippen LogP contribution is 2.37. The molecule has 0 radical (unpaired) electrons. The Kier molecular flexibility index (Phi) is 6.43. The van der Waals surface area contributed by atoms with Crippen LogP contribution in [0.5, 0.6) is 11.5 Å². The van der Waals surface area contributed by atoms with E-state index in [-0.39, 0.29) is 23.9 Å². The van der Waals surface area contributed by atoms with Crippen molar-refractivity contribution in [1.29, 1.82) is 0 Å². The van der Waals surface area contributed by atoms with Gasteiger partial charge in [-0.2, -0.15) is 0 Å². The first-order valence-electron chi connectivity index (χ1n) is 10.1. The van der Waals surface area contributed by atoms with Gasteiger partial charge < -0.3 is 25.4 Å². The molecule has 160 valence electrons. The van der Waals surface area contributed by atoms with Crippen molar-refractivity contribution in [3.8, 4) is 11.5 Å². The summed E-state index contributed by atoms with van der Waals surface area (Å²) in [6, 6.07) is 11.0. The van der Waals surface area contributed by atoms with Gasteiger partial charge >= 0.3 is 6.03 Å². The average Bonchev–Trinajstić information content (AvgIpc) is 3.11. The molecule has 0 spiro atoms. The summed E-state index contributed by atoms with van der Waals surface area (Å²) in [6.45, 7) is 1.01. The van der Waals surface area contributed by atoms with E-state index in [0.29, 0.717) is 30.7 Å². The highest BCUT2D eigenvalue weighted by Gasteiger charge is 2.36. The van der Waals surface area contributed by atoms with Crippen LogP contribution >= 0.6 is 15.9 Å². The van der Waals surface area contributed by atoms with E-state index >= 15 is 0 Å². The van der Waals surface area contributed by atoms with Crippen LogP contribution in [0, 0.1) is 5.82 Å². The Labute approximate surface area is 183 Å². The lowest BCUT2D eigenvalue weighted by Crippen LogP contribution is -2.46. The first-order valence-corrected chi connectivity index (χ1v) is 10.8. The zero-order valence-electron chi connectivity index (χ0n) is 16.7. The summed E-state index contributed by atoms with van der Waals surface area (Å²) in [5, 5.41) is 9.56. The van der Waals surface area contributed by atoms with Crippen LogP contribution < -0.4 is 25.4 Å². The van der Waals surface area contributed by atoms with E-state index in [1.807, 2.05) is 12.1 Å². The van der Waals surface area contributed by atoms with Crippen molar-refractivity contribution < 1.29 is 18.7 Å². The maximum atomic E-state index is 13.1. The van der Waals surface area contributed by atoms with E-state index in [1.54, 1.807) is 19.2 Å². The molecule has 0 aromatic heterocycles. The molecule has 3 unspecified atom stereocenters. The topological polar surface area (TPSA) is 71.6 Å². The van der Waals surface area contributed by atoms with Crippen molar-refractivity contribution in [3.63, 3.8) is 0 Å². The Hall–Kier alpha value is -2.32. The molecular weight excluding hydrogens is 453 g/mol. The van der Waals surface area contributed by atoms with Gasteiger partial charge in [-0.05, 0) is 70.6 Å². The Morgan fingerprint density at radius 1 is 1.13 bits per heavy atom. The van der Waals surface area contributed by atoms with Crippen LogP contribution in [-0.4, -0.2) is 31.3 Å². The molecular formula is C22H25BrFN3O3. The summed E-state index contributed by atoms with van der Waals surface area (Å²) in [5.74, 6) is 0.986. The fourth-order valence-electron chi connectivity index (χ4n) is 4.08. The van der Waals surface area contributed by atoms with Crippen molar-refractivity contribution in [2.45, 2.75) is 50.5 Å². The van der Waals surface area contributed by atoms with Crippen LogP contribution in [0.4, 0.5) is 9.18 Å². The second-order valence-electron chi connectivity index (χ2n) is 7.75. The number of rotatable bonds is 7. The highest BCUT2D eigenvalue weighted by atomic mass is 79.9. The molecule has 2 aromatic rings. The number of hydrogen-bond acceptors (Lipinski definition) is 4. The quantitative estimate of drug-likeness (QED) is 0.565. The van der Waals surface area contributed by atoms with Gasteiger partial charge in [0, 0.05) is 12.6 Å². The zero-order chi connectivity index (χ0) is 21.1. The predicted octanol–water partition coefficient (Wildman–Crippen LogP) is 3.87. The molecule has 1 aliphatic heterocycles. The minimum absolute atomic E-state index is 0.0597. The van der Waals surface area contributed by atoms with E-state index in [2.05, 4.69) is 31.9 Å². The summed E-state index contributed by atoms with van der Waals surface area (Å²) in [4.78, 5) is 11.5. The number of urea groups is 1. The average molecular weight is 478 g/mol. The lowest BCUT2D eigenvalue weighted by atomic mass is 9.88. The summed E-state index contributed by atoms with van der Waals surface area (Å²) >= 11 is 3.58. The molecule has 1 saturated carbocycles. The summed E-state index contributed by atoms with van der Waals surface area (Å²) in [5.41, 5.74) is 1.95. The molecule has 1 saturated heterocycles.